The lowest BCUT2D eigenvalue weighted by Crippen LogP contribution is -2.38. The number of carbonyl (C=O) groups excluding carboxylic acids is 1. The quantitative estimate of drug-likeness (QED) is 0.715. The molecular weight excluding hydrogens is 328 g/mol. The van der Waals surface area contributed by atoms with Gasteiger partial charge in [-0.2, -0.15) is 5.26 Å². The predicted molar refractivity (Wildman–Crippen MR) is 95.8 cm³/mol. The van der Waals surface area contributed by atoms with Gasteiger partial charge in [-0.25, -0.2) is 0 Å². The minimum atomic E-state index is -0.138. The highest BCUT2D eigenvalue weighted by atomic mass is 16.5. The summed E-state index contributed by atoms with van der Waals surface area (Å²) in [5.74, 6) is 0.481. The molecule has 2 aromatic heterocycles. The van der Waals surface area contributed by atoms with Crippen LogP contribution in [0, 0.1) is 11.3 Å². The standard InChI is InChI=1S/C20H14N4O2/c21-10-14-3-5-15(6-4-14)17-12-23-13-18-19(17)26-9-8-24(18)20(25)16-2-1-7-22-11-16/h1-7,11-13H,8-9H2. The number of nitrogens with zero attached hydrogens (tertiary/aromatic N) is 4. The first kappa shape index (κ1) is 15.8. The Balaban J connectivity index is 1.76. The summed E-state index contributed by atoms with van der Waals surface area (Å²) in [5.41, 5.74) is 3.40. The van der Waals surface area contributed by atoms with Crippen LogP contribution >= 0.6 is 0 Å². The van der Waals surface area contributed by atoms with Gasteiger partial charge in [0.25, 0.3) is 5.91 Å². The second kappa shape index (κ2) is 6.65. The van der Waals surface area contributed by atoms with E-state index in [1.165, 1.54) is 0 Å². The maximum Gasteiger partial charge on any atom is 0.260 e. The molecule has 0 bridgehead atoms. The van der Waals surface area contributed by atoms with E-state index in [0.717, 1.165) is 11.1 Å². The molecule has 1 aliphatic heterocycles. The van der Waals surface area contributed by atoms with Gasteiger partial charge in [0.1, 0.15) is 12.3 Å². The van der Waals surface area contributed by atoms with Crippen LogP contribution in [0.3, 0.4) is 0 Å². The van der Waals surface area contributed by atoms with Gasteiger partial charge < -0.3 is 9.64 Å². The molecule has 0 unspecified atom stereocenters. The fourth-order valence-corrected chi connectivity index (χ4v) is 2.93. The van der Waals surface area contributed by atoms with Crippen molar-refractivity contribution in [1.82, 2.24) is 9.97 Å². The number of aromatic nitrogens is 2. The van der Waals surface area contributed by atoms with Crippen molar-refractivity contribution in [3.8, 4) is 22.9 Å². The van der Waals surface area contributed by atoms with E-state index in [1.807, 2.05) is 12.1 Å². The molecule has 0 saturated heterocycles. The maximum atomic E-state index is 12.9. The molecule has 0 N–H and O–H groups in total. The Bertz CT molecular complexity index is 995. The van der Waals surface area contributed by atoms with Crippen LogP contribution in [0.15, 0.2) is 61.2 Å². The van der Waals surface area contributed by atoms with Crippen LogP contribution in [0.25, 0.3) is 11.1 Å². The fraction of sp³-hybridized carbons (Fsp3) is 0.100. The van der Waals surface area contributed by atoms with E-state index in [0.29, 0.717) is 35.7 Å². The summed E-state index contributed by atoms with van der Waals surface area (Å²) in [6, 6.07) is 12.8. The number of ether oxygens (including phenoxy) is 1. The van der Waals surface area contributed by atoms with E-state index in [2.05, 4.69) is 16.0 Å². The summed E-state index contributed by atoms with van der Waals surface area (Å²) < 4.78 is 5.87. The number of anilines is 1. The summed E-state index contributed by atoms with van der Waals surface area (Å²) in [6.45, 7) is 0.839. The number of hydrogen-bond donors (Lipinski definition) is 0. The molecule has 3 aromatic rings. The summed E-state index contributed by atoms with van der Waals surface area (Å²) in [5, 5.41) is 8.96. The number of rotatable bonds is 2. The number of hydrogen-bond acceptors (Lipinski definition) is 5. The number of pyridine rings is 2. The van der Waals surface area contributed by atoms with Crippen LogP contribution in [0.4, 0.5) is 5.69 Å². The highest BCUT2D eigenvalue weighted by Crippen LogP contribution is 2.40. The van der Waals surface area contributed by atoms with Crippen LogP contribution in [0.5, 0.6) is 5.75 Å². The Hall–Kier alpha value is -3.72. The van der Waals surface area contributed by atoms with E-state index < -0.39 is 0 Å². The Kier molecular flexibility index (Phi) is 4.04. The number of carbonyl (C=O) groups is 1. The average Bonchev–Trinajstić information content (AvgIpc) is 2.73. The van der Waals surface area contributed by atoms with Gasteiger partial charge in [-0.05, 0) is 29.8 Å². The van der Waals surface area contributed by atoms with Gasteiger partial charge >= 0.3 is 0 Å². The SMILES string of the molecule is N#Cc1ccc(-c2cncc3c2OCCN3C(=O)c2cccnc2)cc1. The first-order valence-electron chi connectivity index (χ1n) is 8.11. The van der Waals surface area contributed by atoms with Crippen LogP contribution in [-0.2, 0) is 0 Å². The fourth-order valence-electron chi connectivity index (χ4n) is 2.93. The molecule has 26 heavy (non-hydrogen) atoms. The molecule has 126 valence electrons. The zero-order valence-corrected chi connectivity index (χ0v) is 13.8. The first-order valence-corrected chi connectivity index (χ1v) is 8.11. The minimum absolute atomic E-state index is 0.138. The normalized spacial score (nSPS) is 12.7. The van der Waals surface area contributed by atoms with Crippen LogP contribution < -0.4 is 9.64 Å². The van der Waals surface area contributed by atoms with Gasteiger partial charge in [-0.3, -0.25) is 14.8 Å². The topological polar surface area (TPSA) is 79.1 Å². The molecule has 0 saturated carbocycles. The predicted octanol–water partition coefficient (Wildman–Crippen LogP) is 3.05. The third kappa shape index (κ3) is 2.76. The van der Waals surface area contributed by atoms with Crippen molar-refractivity contribution in [2.75, 3.05) is 18.1 Å². The molecule has 1 aromatic carbocycles. The molecular formula is C20H14N4O2. The van der Waals surface area contributed by atoms with Gasteiger partial charge in [-0.1, -0.05) is 12.1 Å². The number of benzene rings is 1. The molecule has 6 heteroatoms. The number of amides is 1. The lowest BCUT2D eigenvalue weighted by molar-refractivity contribution is 0.0976. The maximum absolute atomic E-state index is 12.9. The Morgan fingerprint density at radius 1 is 1.12 bits per heavy atom. The molecule has 0 atom stereocenters. The summed E-state index contributed by atoms with van der Waals surface area (Å²) in [6.07, 6.45) is 6.53. The van der Waals surface area contributed by atoms with Gasteiger partial charge in [0, 0.05) is 24.2 Å². The smallest absolute Gasteiger partial charge is 0.260 e. The second-order valence-electron chi connectivity index (χ2n) is 5.77. The molecule has 4 rings (SSSR count). The second-order valence-corrected chi connectivity index (χ2v) is 5.77. The summed E-state index contributed by atoms with van der Waals surface area (Å²) in [7, 11) is 0. The Labute approximate surface area is 150 Å². The third-order valence-corrected chi connectivity index (χ3v) is 4.21. The van der Waals surface area contributed by atoms with E-state index >= 15 is 0 Å². The minimum Gasteiger partial charge on any atom is -0.489 e. The summed E-state index contributed by atoms with van der Waals surface area (Å²) >= 11 is 0. The lowest BCUT2D eigenvalue weighted by Gasteiger charge is -2.30. The first-order chi connectivity index (χ1) is 12.8. The lowest BCUT2D eigenvalue weighted by atomic mass is 10.0. The van der Waals surface area contributed by atoms with Crippen molar-refractivity contribution in [3.63, 3.8) is 0 Å². The van der Waals surface area contributed by atoms with Gasteiger partial charge in [0.05, 0.1) is 29.9 Å². The van der Waals surface area contributed by atoms with Gasteiger partial charge in [0.2, 0.25) is 0 Å². The van der Waals surface area contributed by atoms with Crippen molar-refractivity contribution in [2.45, 2.75) is 0 Å². The highest BCUT2D eigenvalue weighted by molar-refractivity contribution is 6.07. The molecule has 3 heterocycles. The molecule has 6 nitrogen and oxygen atoms in total. The zero-order valence-electron chi connectivity index (χ0n) is 13.8. The average molecular weight is 342 g/mol. The van der Waals surface area contributed by atoms with Crippen molar-refractivity contribution in [2.24, 2.45) is 0 Å². The number of nitriles is 1. The Morgan fingerprint density at radius 3 is 2.69 bits per heavy atom. The summed E-state index contributed by atoms with van der Waals surface area (Å²) in [4.78, 5) is 22.8. The molecule has 1 aliphatic rings. The van der Waals surface area contributed by atoms with Crippen LogP contribution in [0.2, 0.25) is 0 Å². The van der Waals surface area contributed by atoms with Crippen molar-refractivity contribution < 1.29 is 9.53 Å². The van der Waals surface area contributed by atoms with E-state index in [4.69, 9.17) is 10.00 Å². The molecule has 1 amide bonds. The van der Waals surface area contributed by atoms with Crippen molar-refractivity contribution in [1.29, 1.82) is 5.26 Å². The van der Waals surface area contributed by atoms with E-state index in [9.17, 15) is 4.79 Å². The third-order valence-electron chi connectivity index (χ3n) is 4.21. The van der Waals surface area contributed by atoms with Crippen LogP contribution in [0.1, 0.15) is 15.9 Å². The van der Waals surface area contributed by atoms with Gasteiger partial charge in [0.15, 0.2) is 5.75 Å². The molecule has 0 radical (unpaired) electrons. The Morgan fingerprint density at radius 2 is 1.96 bits per heavy atom. The van der Waals surface area contributed by atoms with Crippen LogP contribution in [-0.4, -0.2) is 29.0 Å². The molecule has 0 aliphatic carbocycles. The largest absolute Gasteiger partial charge is 0.489 e. The molecule has 0 spiro atoms. The van der Waals surface area contributed by atoms with Crippen molar-refractivity contribution in [3.05, 3.63) is 72.3 Å². The monoisotopic (exact) mass is 342 g/mol. The van der Waals surface area contributed by atoms with E-state index in [-0.39, 0.29) is 5.91 Å². The molecule has 0 fully saturated rings. The number of fused-ring (bicyclic) bond motifs is 1. The van der Waals surface area contributed by atoms with Crippen molar-refractivity contribution >= 4 is 11.6 Å². The van der Waals surface area contributed by atoms with E-state index in [1.54, 1.807) is 54.0 Å². The highest BCUT2D eigenvalue weighted by Gasteiger charge is 2.27. The van der Waals surface area contributed by atoms with Gasteiger partial charge in [-0.15, -0.1) is 0 Å². The zero-order chi connectivity index (χ0) is 17.9.